The smallest absolute Gasteiger partial charge is 0.223 e. The predicted octanol–water partition coefficient (Wildman–Crippen LogP) is 3.27. The molecule has 1 amide bonds. The average Bonchev–Trinajstić information content (AvgIpc) is 3.12. The SMILES string of the molecule is CC.CCCC(=O)N1CCCC1c1ncc(Br)[nH]1.CO. The summed E-state index contributed by atoms with van der Waals surface area (Å²) in [4.78, 5) is 21.3. The maximum atomic E-state index is 11.9. The predicted molar refractivity (Wildman–Crippen MR) is 84.4 cm³/mol. The summed E-state index contributed by atoms with van der Waals surface area (Å²) >= 11 is 3.35. The second kappa shape index (κ2) is 10.9. The van der Waals surface area contributed by atoms with Crippen LogP contribution in [0.15, 0.2) is 10.8 Å². The average molecular weight is 348 g/mol. The molecule has 2 N–H and O–H groups in total. The third-order valence-electron chi connectivity index (χ3n) is 2.92. The number of amides is 1. The molecule has 1 aromatic heterocycles. The van der Waals surface area contributed by atoms with E-state index in [1.165, 1.54) is 0 Å². The van der Waals surface area contributed by atoms with Gasteiger partial charge in [0.25, 0.3) is 0 Å². The zero-order chi connectivity index (χ0) is 15.5. The first-order chi connectivity index (χ1) is 9.72. The van der Waals surface area contributed by atoms with E-state index in [4.69, 9.17) is 5.11 Å². The summed E-state index contributed by atoms with van der Waals surface area (Å²) in [5.74, 6) is 1.14. The van der Waals surface area contributed by atoms with Crippen LogP contribution in [0.2, 0.25) is 0 Å². The number of nitrogens with zero attached hydrogens (tertiary/aromatic N) is 2. The van der Waals surface area contributed by atoms with E-state index in [-0.39, 0.29) is 11.9 Å². The highest BCUT2D eigenvalue weighted by Crippen LogP contribution is 2.31. The van der Waals surface area contributed by atoms with Gasteiger partial charge in [-0.1, -0.05) is 20.8 Å². The van der Waals surface area contributed by atoms with Crippen LogP contribution >= 0.6 is 15.9 Å². The van der Waals surface area contributed by atoms with Crippen LogP contribution in [0, 0.1) is 0 Å². The molecule has 2 rings (SSSR count). The number of rotatable bonds is 3. The molecular formula is C14H26BrN3O2. The van der Waals surface area contributed by atoms with E-state index in [0.29, 0.717) is 6.42 Å². The van der Waals surface area contributed by atoms with Crippen molar-refractivity contribution in [1.29, 1.82) is 0 Å². The Morgan fingerprint density at radius 1 is 1.55 bits per heavy atom. The Balaban J connectivity index is 0.000000829. The molecule has 1 aliphatic rings. The van der Waals surface area contributed by atoms with Gasteiger partial charge in [-0.3, -0.25) is 4.79 Å². The van der Waals surface area contributed by atoms with Gasteiger partial charge in [-0.25, -0.2) is 4.98 Å². The molecule has 1 atom stereocenters. The van der Waals surface area contributed by atoms with Crippen LogP contribution in [-0.2, 0) is 4.79 Å². The lowest BCUT2D eigenvalue weighted by molar-refractivity contribution is -0.132. The second-order valence-electron chi connectivity index (χ2n) is 4.11. The number of aromatic amines is 1. The number of carbonyl (C=O) groups is 1. The van der Waals surface area contributed by atoms with Crippen LogP contribution < -0.4 is 0 Å². The van der Waals surface area contributed by atoms with Crippen molar-refractivity contribution in [1.82, 2.24) is 14.9 Å². The van der Waals surface area contributed by atoms with Crippen molar-refractivity contribution in [2.45, 2.75) is 52.5 Å². The molecule has 0 bridgehead atoms. The van der Waals surface area contributed by atoms with Gasteiger partial charge in [0, 0.05) is 20.1 Å². The first kappa shape index (κ1) is 19.1. The number of aliphatic hydroxyl groups is 1. The summed E-state index contributed by atoms with van der Waals surface area (Å²) in [6.45, 7) is 6.90. The summed E-state index contributed by atoms with van der Waals surface area (Å²) < 4.78 is 0.872. The number of hydrogen-bond acceptors (Lipinski definition) is 3. The highest BCUT2D eigenvalue weighted by atomic mass is 79.9. The molecule has 1 fully saturated rings. The number of H-pyrrole nitrogens is 1. The Labute approximate surface area is 129 Å². The highest BCUT2D eigenvalue weighted by Gasteiger charge is 2.31. The minimum absolute atomic E-state index is 0.144. The fourth-order valence-corrected chi connectivity index (χ4v) is 2.49. The molecule has 0 saturated carbocycles. The molecule has 1 aliphatic heterocycles. The largest absolute Gasteiger partial charge is 0.400 e. The molecule has 2 heterocycles. The quantitative estimate of drug-likeness (QED) is 0.881. The van der Waals surface area contributed by atoms with Crippen LogP contribution in [0.5, 0.6) is 0 Å². The van der Waals surface area contributed by atoms with Crippen molar-refractivity contribution in [2.24, 2.45) is 0 Å². The van der Waals surface area contributed by atoms with Crippen LogP contribution in [0.4, 0.5) is 0 Å². The highest BCUT2D eigenvalue weighted by molar-refractivity contribution is 9.10. The third kappa shape index (κ3) is 5.25. The van der Waals surface area contributed by atoms with E-state index in [2.05, 4.69) is 25.9 Å². The molecule has 20 heavy (non-hydrogen) atoms. The number of aromatic nitrogens is 2. The van der Waals surface area contributed by atoms with Gasteiger partial charge in [0.1, 0.15) is 10.4 Å². The fraction of sp³-hybridized carbons (Fsp3) is 0.714. The minimum atomic E-state index is 0.144. The molecule has 1 saturated heterocycles. The number of hydrogen-bond donors (Lipinski definition) is 2. The van der Waals surface area contributed by atoms with Gasteiger partial charge in [-0.15, -0.1) is 0 Å². The van der Waals surface area contributed by atoms with E-state index >= 15 is 0 Å². The number of carbonyl (C=O) groups excluding carboxylic acids is 1. The Morgan fingerprint density at radius 3 is 2.70 bits per heavy atom. The van der Waals surface area contributed by atoms with Crippen LogP contribution in [0.25, 0.3) is 0 Å². The van der Waals surface area contributed by atoms with Crippen molar-refractivity contribution in [3.8, 4) is 0 Å². The molecule has 0 radical (unpaired) electrons. The Morgan fingerprint density at radius 2 is 2.20 bits per heavy atom. The molecule has 1 aromatic rings. The molecule has 6 heteroatoms. The van der Waals surface area contributed by atoms with E-state index in [0.717, 1.165) is 43.3 Å². The molecule has 116 valence electrons. The van der Waals surface area contributed by atoms with Crippen molar-refractivity contribution in [3.63, 3.8) is 0 Å². The standard InChI is InChI=1S/C11H16BrN3O.C2H6.CH4O/c1-2-4-10(16)15-6-3-5-8(15)11-13-7-9(12)14-11;2*1-2/h7-8H,2-6H2,1H3,(H,13,14);1-2H3;2H,1H3. The minimum Gasteiger partial charge on any atom is -0.400 e. The van der Waals surface area contributed by atoms with Gasteiger partial charge in [-0.2, -0.15) is 0 Å². The van der Waals surface area contributed by atoms with E-state index in [1.807, 2.05) is 25.7 Å². The van der Waals surface area contributed by atoms with Crippen molar-refractivity contribution in [2.75, 3.05) is 13.7 Å². The van der Waals surface area contributed by atoms with Crippen molar-refractivity contribution < 1.29 is 9.90 Å². The third-order valence-corrected chi connectivity index (χ3v) is 3.32. The first-order valence-corrected chi connectivity index (χ1v) is 7.96. The van der Waals surface area contributed by atoms with Crippen LogP contribution in [-0.4, -0.2) is 39.5 Å². The molecule has 1 unspecified atom stereocenters. The normalized spacial score (nSPS) is 16.9. The van der Waals surface area contributed by atoms with E-state index < -0.39 is 0 Å². The van der Waals surface area contributed by atoms with Gasteiger partial charge in [0.05, 0.1) is 12.2 Å². The first-order valence-electron chi connectivity index (χ1n) is 7.17. The summed E-state index contributed by atoms with van der Waals surface area (Å²) in [5.41, 5.74) is 0. The van der Waals surface area contributed by atoms with E-state index in [9.17, 15) is 4.79 Å². The fourth-order valence-electron chi connectivity index (χ4n) is 2.19. The number of halogens is 1. The number of likely N-dealkylation sites (tertiary alicyclic amines) is 1. The van der Waals surface area contributed by atoms with Gasteiger partial charge in [0.2, 0.25) is 5.91 Å². The maximum Gasteiger partial charge on any atom is 0.223 e. The van der Waals surface area contributed by atoms with Crippen molar-refractivity contribution in [3.05, 3.63) is 16.6 Å². The van der Waals surface area contributed by atoms with Gasteiger partial charge < -0.3 is 15.0 Å². The summed E-state index contributed by atoms with van der Waals surface area (Å²) in [6.07, 6.45) is 5.37. The molecule has 5 nitrogen and oxygen atoms in total. The topological polar surface area (TPSA) is 69.2 Å². The number of imidazole rings is 1. The Bertz CT molecular complexity index is 382. The Kier molecular flexibility index (Phi) is 10.4. The van der Waals surface area contributed by atoms with Gasteiger partial charge in [-0.05, 0) is 35.2 Å². The summed E-state index contributed by atoms with van der Waals surface area (Å²) in [7, 11) is 1.00. The lowest BCUT2D eigenvalue weighted by Crippen LogP contribution is -2.30. The molecule has 0 aliphatic carbocycles. The molecule has 0 aromatic carbocycles. The number of nitrogens with one attached hydrogen (secondary N) is 1. The summed E-state index contributed by atoms with van der Waals surface area (Å²) in [5, 5.41) is 7.00. The lowest BCUT2D eigenvalue weighted by atomic mass is 10.2. The van der Waals surface area contributed by atoms with Gasteiger partial charge >= 0.3 is 0 Å². The molecular weight excluding hydrogens is 322 g/mol. The molecule has 0 spiro atoms. The van der Waals surface area contributed by atoms with E-state index in [1.54, 1.807) is 6.20 Å². The zero-order valence-electron chi connectivity index (χ0n) is 12.8. The van der Waals surface area contributed by atoms with Crippen LogP contribution in [0.3, 0.4) is 0 Å². The number of aliphatic hydroxyl groups excluding tert-OH is 1. The van der Waals surface area contributed by atoms with Gasteiger partial charge in [0.15, 0.2) is 0 Å². The van der Waals surface area contributed by atoms with Crippen molar-refractivity contribution >= 4 is 21.8 Å². The lowest BCUT2D eigenvalue weighted by Gasteiger charge is -2.22. The maximum absolute atomic E-state index is 11.9. The zero-order valence-corrected chi connectivity index (χ0v) is 14.4. The monoisotopic (exact) mass is 347 g/mol. The second-order valence-corrected chi connectivity index (χ2v) is 4.97. The Hall–Kier alpha value is -0.880. The summed E-state index contributed by atoms with van der Waals surface area (Å²) in [6, 6.07) is 0.144. The van der Waals surface area contributed by atoms with Crippen LogP contribution in [0.1, 0.15) is 58.3 Å².